The van der Waals surface area contributed by atoms with Crippen LogP contribution in [-0.2, 0) is 9.53 Å². The second-order valence-corrected chi connectivity index (χ2v) is 3.86. The Morgan fingerprint density at radius 3 is 2.86 bits per heavy atom. The molecule has 1 rings (SSSR count). The summed E-state index contributed by atoms with van der Waals surface area (Å²) in [5.41, 5.74) is 0.606. The Hall–Kier alpha value is -1.05. The van der Waals surface area contributed by atoms with E-state index in [0.717, 1.165) is 19.3 Å². The van der Waals surface area contributed by atoms with Crippen LogP contribution < -0.4 is 0 Å². The van der Waals surface area contributed by atoms with Crippen molar-refractivity contribution in [3.05, 3.63) is 24.8 Å². The molecule has 1 aliphatic heterocycles. The van der Waals surface area contributed by atoms with Crippen LogP contribution in [0.5, 0.6) is 0 Å². The molecule has 0 aromatic rings. The Kier molecular flexibility index (Phi) is 3.93. The summed E-state index contributed by atoms with van der Waals surface area (Å²) >= 11 is 0. The van der Waals surface area contributed by atoms with Crippen LogP contribution in [0.1, 0.15) is 32.6 Å². The first-order chi connectivity index (χ1) is 6.67. The largest absolute Gasteiger partial charge is 0.459 e. The van der Waals surface area contributed by atoms with Crippen molar-refractivity contribution in [1.82, 2.24) is 0 Å². The molecule has 1 saturated heterocycles. The van der Waals surface area contributed by atoms with Gasteiger partial charge in [0.25, 0.3) is 0 Å². The normalized spacial score (nSPS) is 23.4. The topological polar surface area (TPSA) is 26.3 Å². The number of carbonyl (C=O) groups is 1. The molecule has 0 N–H and O–H groups in total. The number of hydrogen-bond donors (Lipinski definition) is 0. The molecule has 2 unspecified atom stereocenters. The van der Waals surface area contributed by atoms with Crippen molar-refractivity contribution < 1.29 is 9.53 Å². The zero-order valence-electron chi connectivity index (χ0n) is 8.79. The lowest BCUT2D eigenvalue weighted by molar-refractivity contribution is -0.139. The van der Waals surface area contributed by atoms with Gasteiger partial charge in [0.05, 0.1) is 0 Å². The van der Waals surface area contributed by atoms with E-state index >= 15 is 0 Å². The molecule has 2 nitrogen and oxygen atoms in total. The average Bonchev–Trinajstić information content (AvgIpc) is 2.45. The molecule has 2 heteroatoms. The molecule has 0 amide bonds. The van der Waals surface area contributed by atoms with Gasteiger partial charge < -0.3 is 4.74 Å². The monoisotopic (exact) mass is 194 g/mol. The molecule has 0 aliphatic carbocycles. The summed E-state index contributed by atoms with van der Waals surface area (Å²) in [6, 6.07) is 0. The number of allylic oxidation sites excluding steroid dienone is 1. The molecule has 1 heterocycles. The molecule has 0 aromatic carbocycles. The zero-order valence-corrected chi connectivity index (χ0v) is 8.79. The fourth-order valence-corrected chi connectivity index (χ4v) is 1.81. The van der Waals surface area contributed by atoms with Gasteiger partial charge in [-0.1, -0.05) is 26.0 Å². The standard InChI is InChI=1S/C12H18O2/c1-4-6-10(5-2)8-11-7-9(3)12(13)14-11/h5,10-11H,2-4,6-8H2,1H3. The molecule has 0 aromatic heterocycles. The minimum Gasteiger partial charge on any atom is -0.459 e. The van der Waals surface area contributed by atoms with Crippen molar-refractivity contribution in [3.8, 4) is 0 Å². The highest BCUT2D eigenvalue weighted by Crippen LogP contribution is 2.26. The van der Waals surface area contributed by atoms with Gasteiger partial charge in [-0.05, 0) is 18.8 Å². The first-order valence-corrected chi connectivity index (χ1v) is 5.18. The number of carbonyl (C=O) groups excluding carboxylic acids is 1. The van der Waals surface area contributed by atoms with Crippen molar-refractivity contribution in [2.24, 2.45) is 5.92 Å². The summed E-state index contributed by atoms with van der Waals surface area (Å²) in [6.07, 6.45) is 5.82. The first-order valence-electron chi connectivity index (χ1n) is 5.18. The fraction of sp³-hybridized carbons (Fsp3) is 0.583. The van der Waals surface area contributed by atoms with Gasteiger partial charge in [-0.2, -0.15) is 0 Å². The summed E-state index contributed by atoms with van der Waals surface area (Å²) < 4.78 is 5.17. The number of hydrogen-bond acceptors (Lipinski definition) is 2. The molecule has 78 valence electrons. The average molecular weight is 194 g/mol. The predicted octanol–water partition coefficient (Wildman–Crippen LogP) is 2.85. The van der Waals surface area contributed by atoms with Gasteiger partial charge in [-0.25, -0.2) is 4.79 Å². The van der Waals surface area contributed by atoms with Gasteiger partial charge >= 0.3 is 5.97 Å². The molecule has 14 heavy (non-hydrogen) atoms. The Bertz CT molecular complexity index is 227. The molecule has 0 saturated carbocycles. The predicted molar refractivity (Wildman–Crippen MR) is 56.8 cm³/mol. The van der Waals surface area contributed by atoms with Crippen molar-refractivity contribution >= 4 is 5.97 Å². The third-order valence-electron chi connectivity index (χ3n) is 2.59. The SMILES string of the molecule is C=CC(CCC)CC1CC(=C)C(=O)O1. The minimum absolute atomic E-state index is 0.0320. The van der Waals surface area contributed by atoms with E-state index < -0.39 is 0 Å². The van der Waals surface area contributed by atoms with Crippen LogP contribution in [0.25, 0.3) is 0 Å². The quantitative estimate of drug-likeness (QED) is 0.382. The molecule has 2 atom stereocenters. The van der Waals surface area contributed by atoms with Crippen LogP contribution >= 0.6 is 0 Å². The summed E-state index contributed by atoms with van der Waals surface area (Å²) in [5, 5.41) is 0. The van der Waals surface area contributed by atoms with E-state index in [1.54, 1.807) is 0 Å². The number of cyclic esters (lactones) is 1. The molecular weight excluding hydrogens is 176 g/mol. The second kappa shape index (κ2) is 4.99. The molecule has 1 fully saturated rings. The third-order valence-corrected chi connectivity index (χ3v) is 2.59. The van der Waals surface area contributed by atoms with E-state index in [-0.39, 0.29) is 12.1 Å². The van der Waals surface area contributed by atoms with Crippen LogP contribution in [0, 0.1) is 5.92 Å². The lowest BCUT2D eigenvalue weighted by Crippen LogP contribution is -2.12. The van der Waals surface area contributed by atoms with E-state index in [9.17, 15) is 4.79 Å². The van der Waals surface area contributed by atoms with Gasteiger partial charge in [0, 0.05) is 12.0 Å². The zero-order chi connectivity index (χ0) is 10.6. The van der Waals surface area contributed by atoms with Crippen molar-refractivity contribution in [1.29, 1.82) is 0 Å². The van der Waals surface area contributed by atoms with Gasteiger partial charge in [0.2, 0.25) is 0 Å². The smallest absolute Gasteiger partial charge is 0.333 e. The van der Waals surface area contributed by atoms with Gasteiger partial charge in [-0.15, -0.1) is 6.58 Å². The lowest BCUT2D eigenvalue weighted by atomic mass is 9.95. The fourth-order valence-electron chi connectivity index (χ4n) is 1.81. The van der Waals surface area contributed by atoms with Crippen molar-refractivity contribution in [2.75, 3.05) is 0 Å². The lowest BCUT2D eigenvalue weighted by Gasteiger charge is -2.15. The maximum atomic E-state index is 11.1. The highest BCUT2D eigenvalue weighted by atomic mass is 16.5. The van der Waals surface area contributed by atoms with Gasteiger partial charge in [0.15, 0.2) is 0 Å². The highest BCUT2D eigenvalue weighted by Gasteiger charge is 2.28. The van der Waals surface area contributed by atoms with E-state index in [0.29, 0.717) is 17.9 Å². The van der Waals surface area contributed by atoms with Crippen LogP contribution in [-0.4, -0.2) is 12.1 Å². The summed E-state index contributed by atoms with van der Waals surface area (Å²) in [5.74, 6) is 0.234. The van der Waals surface area contributed by atoms with Crippen LogP contribution in [0.15, 0.2) is 24.8 Å². The number of ether oxygens (including phenoxy) is 1. The number of rotatable bonds is 5. The van der Waals surface area contributed by atoms with Crippen molar-refractivity contribution in [2.45, 2.75) is 38.7 Å². The summed E-state index contributed by atoms with van der Waals surface area (Å²) in [7, 11) is 0. The Balaban J connectivity index is 2.40. The summed E-state index contributed by atoms with van der Waals surface area (Å²) in [4.78, 5) is 11.1. The molecular formula is C12H18O2. The maximum Gasteiger partial charge on any atom is 0.333 e. The highest BCUT2D eigenvalue weighted by molar-refractivity contribution is 5.89. The molecule has 0 radical (unpaired) electrons. The van der Waals surface area contributed by atoms with Gasteiger partial charge in [-0.3, -0.25) is 0 Å². The Labute approximate surface area is 85.6 Å². The maximum absolute atomic E-state index is 11.1. The summed E-state index contributed by atoms with van der Waals surface area (Å²) in [6.45, 7) is 9.61. The molecule has 1 aliphatic rings. The van der Waals surface area contributed by atoms with E-state index in [4.69, 9.17) is 4.74 Å². The van der Waals surface area contributed by atoms with E-state index in [1.165, 1.54) is 0 Å². The molecule has 0 bridgehead atoms. The van der Waals surface area contributed by atoms with Crippen LogP contribution in [0.4, 0.5) is 0 Å². The van der Waals surface area contributed by atoms with Crippen molar-refractivity contribution in [3.63, 3.8) is 0 Å². The van der Waals surface area contributed by atoms with Crippen LogP contribution in [0.3, 0.4) is 0 Å². The minimum atomic E-state index is -0.227. The van der Waals surface area contributed by atoms with E-state index in [1.807, 2.05) is 6.08 Å². The van der Waals surface area contributed by atoms with E-state index in [2.05, 4.69) is 20.1 Å². The van der Waals surface area contributed by atoms with Crippen LogP contribution in [0.2, 0.25) is 0 Å². The second-order valence-electron chi connectivity index (χ2n) is 3.86. The van der Waals surface area contributed by atoms with Gasteiger partial charge in [0.1, 0.15) is 6.10 Å². The Morgan fingerprint density at radius 2 is 2.43 bits per heavy atom. The molecule has 0 spiro atoms. The Morgan fingerprint density at radius 1 is 1.71 bits per heavy atom. The first kappa shape index (κ1) is 11.0. The third kappa shape index (κ3) is 2.72. The number of esters is 1.